The summed E-state index contributed by atoms with van der Waals surface area (Å²) < 4.78 is 32.7. The number of benzene rings is 1. The summed E-state index contributed by atoms with van der Waals surface area (Å²) in [5, 5.41) is 1.16. The normalized spacial score (nSPS) is 12.6. The van der Waals surface area contributed by atoms with Crippen molar-refractivity contribution in [1.82, 2.24) is 0 Å². The van der Waals surface area contributed by atoms with Crippen LogP contribution in [0.2, 0.25) is 0 Å². The van der Waals surface area contributed by atoms with Crippen LogP contribution in [0.5, 0.6) is 0 Å². The molecule has 0 heterocycles. The van der Waals surface area contributed by atoms with Gasteiger partial charge in [-0.1, -0.05) is 115 Å². The molecule has 0 aliphatic rings. The third kappa shape index (κ3) is 13.0. The molecule has 172 valence electrons. The smallest absolute Gasteiger partial charge is 0.276 e. The van der Waals surface area contributed by atoms with E-state index in [9.17, 15) is 17.8 Å². The third-order valence-electron chi connectivity index (χ3n) is 5.51. The molecule has 0 aliphatic carbocycles. The second-order valence-electron chi connectivity index (χ2n) is 8.24. The Morgan fingerprint density at radius 2 is 1.23 bits per heavy atom. The van der Waals surface area contributed by atoms with Gasteiger partial charge in [-0.15, -0.1) is 0 Å². The Bertz CT molecular complexity index is 661. The van der Waals surface area contributed by atoms with E-state index in [1.165, 1.54) is 64.2 Å². The maximum Gasteiger partial charge on any atom is 0.276 e. The molecule has 1 amide bonds. The molecule has 0 aromatic heterocycles. The summed E-state index contributed by atoms with van der Waals surface area (Å²) in [4.78, 5) is 12.3. The van der Waals surface area contributed by atoms with Gasteiger partial charge in [-0.2, -0.15) is 8.42 Å². The fourth-order valence-corrected chi connectivity index (χ4v) is 4.48. The lowest BCUT2D eigenvalue weighted by atomic mass is 10.0. The van der Waals surface area contributed by atoms with E-state index in [1.807, 2.05) is 6.07 Å². The van der Waals surface area contributed by atoms with Crippen LogP contribution >= 0.6 is 0 Å². The first kappa shape index (κ1) is 26.6. The summed E-state index contributed by atoms with van der Waals surface area (Å²) in [6.07, 6.45) is 17.1. The van der Waals surface area contributed by atoms with Crippen LogP contribution in [0.3, 0.4) is 0 Å². The second kappa shape index (κ2) is 16.3. The van der Waals surface area contributed by atoms with Crippen LogP contribution in [0.4, 0.5) is 5.69 Å². The second-order valence-corrected chi connectivity index (χ2v) is 9.84. The third-order valence-corrected chi connectivity index (χ3v) is 6.68. The van der Waals surface area contributed by atoms with Gasteiger partial charge >= 0.3 is 0 Å². The van der Waals surface area contributed by atoms with Gasteiger partial charge in [0, 0.05) is 5.69 Å². The molecule has 0 fully saturated rings. The molecule has 6 heteroatoms. The van der Waals surface area contributed by atoms with E-state index in [4.69, 9.17) is 0 Å². The predicted octanol–water partition coefficient (Wildman–Crippen LogP) is 6.75. The van der Waals surface area contributed by atoms with Gasteiger partial charge < -0.3 is 5.32 Å². The van der Waals surface area contributed by atoms with Crippen molar-refractivity contribution in [3.8, 4) is 0 Å². The summed E-state index contributed by atoms with van der Waals surface area (Å²) in [5.74, 6) is -0.668. The average molecular weight is 440 g/mol. The van der Waals surface area contributed by atoms with E-state index in [2.05, 4.69) is 12.2 Å². The Kier molecular flexibility index (Phi) is 14.5. The van der Waals surface area contributed by atoms with E-state index in [0.717, 1.165) is 19.3 Å². The van der Waals surface area contributed by atoms with Gasteiger partial charge in [0.05, 0.1) is 0 Å². The van der Waals surface area contributed by atoms with E-state index in [1.54, 1.807) is 24.3 Å². The zero-order chi connectivity index (χ0) is 22.1. The monoisotopic (exact) mass is 439 g/mol. The van der Waals surface area contributed by atoms with Crippen molar-refractivity contribution in [1.29, 1.82) is 0 Å². The number of carbonyl (C=O) groups is 1. The molecule has 30 heavy (non-hydrogen) atoms. The molecule has 1 aromatic carbocycles. The van der Waals surface area contributed by atoms with Crippen LogP contribution in [-0.2, 0) is 14.9 Å². The zero-order valence-electron chi connectivity index (χ0n) is 18.7. The SMILES string of the molecule is CCCCCCCCCCCCCCCCC(C(=O)Nc1ccccc1)S(=O)(=O)O. The fourth-order valence-electron chi connectivity index (χ4n) is 3.68. The molecule has 1 aromatic rings. The lowest BCUT2D eigenvalue weighted by Gasteiger charge is -2.14. The highest BCUT2D eigenvalue weighted by atomic mass is 32.2. The standard InChI is InChI=1S/C24H41NO4S/c1-2-3-4-5-6-7-8-9-10-11-12-13-14-18-21-23(30(27,28)29)24(26)25-22-19-16-15-17-20-22/h15-17,19-20,23H,2-14,18,21H2,1H3,(H,25,26)(H,27,28,29). The van der Waals surface area contributed by atoms with Crippen molar-refractivity contribution in [3.63, 3.8) is 0 Å². The number of rotatable bonds is 18. The number of hydrogen-bond donors (Lipinski definition) is 2. The molecule has 0 saturated heterocycles. The number of para-hydroxylation sites is 1. The fraction of sp³-hybridized carbons (Fsp3) is 0.708. The molecule has 0 aliphatic heterocycles. The summed E-state index contributed by atoms with van der Waals surface area (Å²) in [6.45, 7) is 2.25. The number of unbranched alkanes of at least 4 members (excludes halogenated alkanes) is 13. The van der Waals surface area contributed by atoms with Crippen molar-refractivity contribution >= 4 is 21.7 Å². The van der Waals surface area contributed by atoms with Gasteiger partial charge in [0.15, 0.2) is 5.25 Å². The highest BCUT2D eigenvalue weighted by Gasteiger charge is 2.30. The van der Waals surface area contributed by atoms with Gasteiger partial charge in [-0.05, 0) is 18.6 Å². The largest absolute Gasteiger partial charge is 0.325 e. The number of carbonyl (C=O) groups excluding carboxylic acids is 1. The molecular formula is C24H41NO4S. The number of amides is 1. The molecule has 0 spiro atoms. The number of nitrogens with one attached hydrogen (secondary N) is 1. The molecule has 1 unspecified atom stereocenters. The van der Waals surface area contributed by atoms with Crippen LogP contribution in [0, 0.1) is 0 Å². The summed E-state index contributed by atoms with van der Waals surface area (Å²) >= 11 is 0. The van der Waals surface area contributed by atoms with Crippen LogP contribution in [0.1, 0.15) is 103 Å². The molecule has 0 saturated carbocycles. The van der Waals surface area contributed by atoms with Gasteiger partial charge in [-0.25, -0.2) is 0 Å². The molecule has 0 radical (unpaired) electrons. The molecule has 1 atom stereocenters. The highest BCUT2D eigenvalue weighted by Crippen LogP contribution is 2.17. The lowest BCUT2D eigenvalue weighted by Crippen LogP contribution is -2.34. The Hall–Kier alpha value is -1.40. The first-order valence-corrected chi connectivity index (χ1v) is 13.3. The lowest BCUT2D eigenvalue weighted by molar-refractivity contribution is -0.116. The molecule has 1 rings (SSSR count). The maximum absolute atomic E-state index is 12.3. The molecule has 5 nitrogen and oxygen atoms in total. The first-order chi connectivity index (χ1) is 14.4. The topological polar surface area (TPSA) is 83.5 Å². The van der Waals surface area contributed by atoms with Crippen molar-refractivity contribution in [2.75, 3.05) is 5.32 Å². The molecule has 2 N–H and O–H groups in total. The summed E-state index contributed by atoms with van der Waals surface area (Å²) in [6, 6.07) is 8.69. The van der Waals surface area contributed by atoms with Crippen molar-refractivity contribution < 1.29 is 17.8 Å². The quantitative estimate of drug-likeness (QED) is 0.196. The van der Waals surface area contributed by atoms with Gasteiger partial charge in [0.25, 0.3) is 10.1 Å². The Morgan fingerprint density at radius 1 is 0.800 bits per heavy atom. The van der Waals surface area contributed by atoms with E-state index in [0.29, 0.717) is 12.1 Å². The highest BCUT2D eigenvalue weighted by molar-refractivity contribution is 7.87. The van der Waals surface area contributed by atoms with Gasteiger partial charge in [0.1, 0.15) is 0 Å². The zero-order valence-corrected chi connectivity index (χ0v) is 19.5. The van der Waals surface area contributed by atoms with Gasteiger partial charge in [0.2, 0.25) is 5.91 Å². The first-order valence-electron chi connectivity index (χ1n) is 11.8. The van der Waals surface area contributed by atoms with Crippen LogP contribution in [0.25, 0.3) is 0 Å². The minimum absolute atomic E-state index is 0.148. The number of hydrogen-bond acceptors (Lipinski definition) is 3. The predicted molar refractivity (Wildman–Crippen MR) is 125 cm³/mol. The Balaban J connectivity index is 2.10. The van der Waals surface area contributed by atoms with E-state index in [-0.39, 0.29) is 6.42 Å². The van der Waals surface area contributed by atoms with Gasteiger partial charge in [-0.3, -0.25) is 9.35 Å². The van der Waals surface area contributed by atoms with Crippen LogP contribution < -0.4 is 5.32 Å². The minimum Gasteiger partial charge on any atom is -0.325 e. The van der Waals surface area contributed by atoms with Crippen molar-refractivity contribution in [3.05, 3.63) is 30.3 Å². The minimum atomic E-state index is -4.41. The maximum atomic E-state index is 12.3. The van der Waals surface area contributed by atoms with Crippen molar-refractivity contribution in [2.45, 2.75) is 108 Å². The van der Waals surface area contributed by atoms with E-state index >= 15 is 0 Å². The summed E-state index contributed by atoms with van der Waals surface area (Å²) in [7, 11) is -4.41. The average Bonchev–Trinajstić information content (AvgIpc) is 2.70. The van der Waals surface area contributed by atoms with Crippen LogP contribution in [0.15, 0.2) is 30.3 Å². The van der Waals surface area contributed by atoms with Crippen LogP contribution in [-0.4, -0.2) is 24.1 Å². The Morgan fingerprint density at radius 3 is 1.67 bits per heavy atom. The number of anilines is 1. The molecular weight excluding hydrogens is 398 g/mol. The van der Waals surface area contributed by atoms with E-state index < -0.39 is 21.3 Å². The summed E-state index contributed by atoms with van der Waals surface area (Å²) in [5.41, 5.74) is 0.525. The van der Waals surface area contributed by atoms with Crippen molar-refractivity contribution in [2.24, 2.45) is 0 Å². The molecule has 0 bridgehead atoms. The Labute approximate surface area is 183 Å².